The van der Waals surface area contributed by atoms with Gasteiger partial charge in [-0.2, -0.15) is 5.10 Å². The molecule has 0 amide bonds. The molecule has 10 heteroatoms. The number of hydrogen-bond acceptors (Lipinski definition) is 5. The van der Waals surface area contributed by atoms with Crippen LogP contribution in [0.4, 0.5) is 20.2 Å². The van der Waals surface area contributed by atoms with Crippen LogP contribution in [0.15, 0.2) is 59.8 Å². The summed E-state index contributed by atoms with van der Waals surface area (Å²) in [5.41, 5.74) is 2.09. The highest BCUT2D eigenvalue weighted by molar-refractivity contribution is 6.29. The fraction of sp³-hybridized carbons (Fsp3) is 0.174. The lowest BCUT2D eigenvalue weighted by Gasteiger charge is -2.17. The third kappa shape index (κ3) is 4.73. The van der Waals surface area contributed by atoms with E-state index in [2.05, 4.69) is 15.4 Å². The number of methoxy groups -OCH3 is 1. The van der Waals surface area contributed by atoms with Crippen molar-refractivity contribution in [1.82, 2.24) is 19.3 Å². The Hall–Kier alpha value is -3.72. The molecule has 170 valence electrons. The van der Waals surface area contributed by atoms with Crippen molar-refractivity contribution in [2.45, 2.75) is 19.9 Å². The molecule has 2 aromatic carbocycles. The number of hydrogen-bond donors (Lipinski definition) is 1. The summed E-state index contributed by atoms with van der Waals surface area (Å²) in [6.07, 6.45) is 3.54. The Morgan fingerprint density at radius 1 is 1.12 bits per heavy atom. The van der Waals surface area contributed by atoms with Gasteiger partial charge in [0, 0.05) is 30.1 Å². The largest absolute Gasteiger partial charge is 0.494 e. The molecule has 4 rings (SSSR count). The van der Waals surface area contributed by atoms with E-state index >= 15 is 0 Å². The summed E-state index contributed by atoms with van der Waals surface area (Å²) >= 11 is 6.15. The average Bonchev–Trinajstić information content (AvgIpc) is 3.20. The first-order valence-corrected chi connectivity index (χ1v) is 10.3. The van der Waals surface area contributed by atoms with E-state index in [9.17, 15) is 13.6 Å². The van der Waals surface area contributed by atoms with Crippen LogP contribution in [0.1, 0.15) is 24.2 Å². The predicted octanol–water partition coefficient (Wildman–Crippen LogP) is 5.03. The standard InChI is InChI=1S/C23H20ClF2N5O2/c1-13-11-30(12-27-13)20-5-4-18(9-21(20)33-3)28-19-10-22(24)29-31(23(19)32)14(2)15-6-16(25)8-17(26)7-15/h4-12,14,28H,1-3H3/t14-/m0/s1. The van der Waals surface area contributed by atoms with Gasteiger partial charge in [-0.15, -0.1) is 0 Å². The van der Waals surface area contributed by atoms with Gasteiger partial charge in [0.2, 0.25) is 0 Å². The fourth-order valence-corrected chi connectivity index (χ4v) is 3.66. The number of rotatable bonds is 6. The summed E-state index contributed by atoms with van der Waals surface area (Å²) in [6, 6.07) is 9.02. The second-order valence-electron chi connectivity index (χ2n) is 7.44. The number of aryl methyl sites for hydroxylation is 1. The minimum Gasteiger partial charge on any atom is -0.494 e. The van der Waals surface area contributed by atoms with Gasteiger partial charge in [-0.05, 0) is 43.7 Å². The lowest BCUT2D eigenvalue weighted by Crippen LogP contribution is -2.28. The van der Waals surface area contributed by atoms with Crippen molar-refractivity contribution < 1.29 is 13.5 Å². The van der Waals surface area contributed by atoms with Crippen molar-refractivity contribution in [2.24, 2.45) is 0 Å². The molecule has 0 unspecified atom stereocenters. The quantitative estimate of drug-likeness (QED) is 0.427. The molecule has 2 heterocycles. The van der Waals surface area contributed by atoms with Crippen molar-refractivity contribution in [1.29, 1.82) is 0 Å². The average molecular weight is 472 g/mol. The second kappa shape index (κ2) is 9.03. The highest BCUT2D eigenvalue weighted by Gasteiger charge is 2.17. The van der Waals surface area contributed by atoms with E-state index in [1.807, 2.05) is 23.8 Å². The van der Waals surface area contributed by atoms with E-state index in [0.29, 0.717) is 11.4 Å². The van der Waals surface area contributed by atoms with E-state index < -0.39 is 23.2 Å². The lowest BCUT2D eigenvalue weighted by molar-refractivity contribution is 0.413. The minimum atomic E-state index is -0.761. The van der Waals surface area contributed by atoms with E-state index in [1.54, 1.807) is 32.5 Å². The Morgan fingerprint density at radius 2 is 1.85 bits per heavy atom. The van der Waals surface area contributed by atoms with Crippen LogP contribution >= 0.6 is 11.6 Å². The van der Waals surface area contributed by atoms with Crippen LogP contribution < -0.4 is 15.6 Å². The number of halogens is 3. The van der Waals surface area contributed by atoms with E-state index in [-0.39, 0.29) is 16.4 Å². The molecule has 0 spiro atoms. The molecular weight excluding hydrogens is 452 g/mol. The number of ether oxygens (including phenoxy) is 1. The molecule has 0 saturated heterocycles. The van der Waals surface area contributed by atoms with Gasteiger partial charge in [-0.3, -0.25) is 4.79 Å². The van der Waals surface area contributed by atoms with Gasteiger partial charge in [-0.25, -0.2) is 18.4 Å². The number of anilines is 2. The van der Waals surface area contributed by atoms with Crippen LogP contribution in [0.5, 0.6) is 5.75 Å². The Morgan fingerprint density at radius 3 is 2.48 bits per heavy atom. The molecule has 0 bridgehead atoms. The third-order valence-corrected chi connectivity index (χ3v) is 5.27. The highest BCUT2D eigenvalue weighted by atomic mass is 35.5. The molecular formula is C23H20ClF2N5O2. The van der Waals surface area contributed by atoms with Gasteiger partial charge in [0.25, 0.3) is 5.56 Å². The number of imidazole rings is 1. The maximum Gasteiger partial charge on any atom is 0.291 e. The fourth-order valence-electron chi connectivity index (χ4n) is 3.47. The summed E-state index contributed by atoms with van der Waals surface area (Å²) in [5, 5.41) is 7.12. The van der Waals surface area contributed by atoms with Crippen LogP contribution in [-0.4, -0.2) is 26.4 Å². The molecule has 0 aliphatic heterocycles. The zero-order chi connectivity index (χ0) is 23.7. The molecule has 1 N–H and O–H groups in total. The topological polar surface area (TPSA) is 74.0 Å². The van der Waals surface area contributed by atoms with Gasteiger partial charge in [0.05, 0.1) is 30.9 Å². The molecule has 0 saturated carbocycles. The van der Waals surface area contributed by atoms with Gasteiger partial charge < -0.3 is 14.6 Å². The first kappa shape index (κ1) is 22.5. The Kier molecular flexibility index (Phi) is 6.15. The van der Waals surface area contributed by atoms with E-state index in [4.69, 9.17) is 16.3 Å². The van der Waals surface area contributed by atoms with Crippen molar-refractivity contribution in [3.63, 3.8) is 0 Å². The maximum atomic E-state index is 13.7. The monoisotopic (exact) mass is 471 g/mol. The minimum absolute atomic E-state index is 0.0401. The van der Waals surface area contributed by atoms with Gasteiger partial charge in [-0.1, -0.05) is 11.6 Å². The maximum absolute atomic E-state index is 13.7. The number of nitrogens with zero attached hydrogens (tertiary/aromatic N) is 4. The van der Waals surface area contributed by atoms with Crippen molar-refractivity contribution >= 4 is 23.0 Å². The predicted molar refractivity (Wildman–Crippen MR) is 122 cm³/mol. The van der Waals surface area contributed by atoms with Gasteiger partial charge >= 0.3 is 0 Å². The molecule has 7 nitrogen and oxygen atoms in total. The van der Waals surface area contributed by atoms with Crippen molar-refractivity contribution in [3.8, 4) is 11.4 Å². The number of benzene rings is 2. The number of aromatic nitrogens is 4. The van der Waals surface area contributed by atoms with Crippen molar-refractivity contribution in [3.05, 3.63) is 93.4 Å². The second-order valence-corrected chi connectivity index (χ2v) is 7.83. The molecule has 33 heavy (non-hydrogen) atoms. The molecule has 2 aromatic heterocycles. The zero-order valence-electron chi connectivity index (χ0n) is 18.0. The molecule has 0 radical (unpaired) electrons. The first-order valence-electron chi connectivity index (χ1n) is 9.96. The van der Waals surface area contributed by atoms with Crippen LogP contribution in [0.25, 0.3) is 5.69 Å². The van der Waals surface area contributed by atoms with Crippen LogP contribution in [-0.2, 0) is 0 Å². The van der Waals surface area contributed by atoms with Crippen LogP contribution in [0.3, 0.4) is 0 Å². The first-order chi connectivity index (χ1) is 15.7. The van der Waals surface area contributed by atoms with E-state index in [0.717, 1.165) is 34.3 Å². The zero-order valence-corrected chi connectivity index (χ0v) is 18.8. The van der Waals surface area contributed by atoms with Gasteiger partial charge in [0.15, 0.2) is 5.15 Å². The Balaban J connectivity index is 1.69. The van der Waals surface area contributed by atoms with Crippen LogP contribution in [0.2, 0.25) is 5.15 Å². The van der Waals surface area contributed by atoms with Crippen molar-refractivity contribution in [2.75, 3.05) is 12.4 Å². The van der Waals surface area contributed by atoms with Gasteiger partial charge in [0.1, 0.15) is 23.1 Å². The SMILES string of the molecule is COc1cc(Nc2cc(Cl)nn([C@@H](C)c3cc(F)cc(F)c3)c2=O)ccc1-n1cnc(C)c1. The molecule has 0 aliphatic rings. The smallest absolute Gasteiger partial charge is 0.291 e. The van der Waals surface area contributed by atoms with Crippen LogP contribution in [0, 0.1) is 18.6 Å². The summed E-state index contributed by atoms with van der Waals surface area (Å²) in [7, 11) is 1.54. The summed E-state index contributed by atoms with van der Waals surface area (Å²) in [4.78, 5) is 17.3. The third-order valence-electron chi connectivity index (χ3n) is 5.09. The highest BCUT2D eigenvalue weighted by Crippen LogP contribution is 2.28. The summed E-state index contributed by atoms with van der Waals surface area (Å²) < 4.78 is 35.8. The molecule has 4 aromatic rings. The van der Waals surface area contributed by atoms with E-state index in [1.165, 1.54) is 6.07 Å². The lowest BCUT2D eigenvalue weighted by atomic mass is 10.1. The number of nitrogens with one attached hydrogen (secondary N) is 1. The summed E-state index contributed by atoms with van der Waals surface area (Å²) in [6.45, 7) is 3.49. The Bertz CT molecular complexity index is 1370. The normalized spacial score (nSPS) is 11.9. The molecule has 0 aliphatic carbocycles. The molecule has 0 fully saturated rings. The molecule has 1 atom stereocenters. The summed E-state index contributed by atoms with van der Waals surface area (Å²) in [5.74, 6) is -0.933. The Labute approximate surface area is 193 Å².